The molecule has 0 radical (unpaired) electrons. The molecule has 0 aromatic heterocycles. The standard InChI is InChI=1S/C48H86NO9P/c1-6-8-10-12-14-15-16-17-18-19-20-21-22-23-24-25-27-31-35-39-47(51)55-43-46(44-57-59(53,54)56-42-41-49(3,4)5)58-48(52)40-36-32-28-30-34-38-45(50)37-33-29-26-13-11-9-7-2/h14-15,17-18,26,29,33,37,46H,6-13,16,19-25,27-28,30-32,34-36,38-44H2,1-5H3/b15-14-,18-17-,29-26-,37-33+/t46-/m1/s1. The van der Waals surface area contributed by atoms with Crippen molar-refractivity contribution >= 4 is 25.5 Å². The van der Waals surface area contributed by atoms with E-state index in [0.717, 1.165) is 64.2 Å². The molecule has 0 aliphatic rings. The van der Waals surface area contributed by atoms with Gasteiger partial charge < -0.3 is 27.9 Å². The summed E-state index contributed by atoms with van der Waals surface area (Å²) in [6, 6.07) is 0. The van der Waals surface area contributed by atoms with Crippen LogP contribution >= 0.6 is 7.82 Å². The number of nitrogens with zero attached hydrogens (tertiary/aromatic N) is 1. The summed E-state index contributed by atoms with van der Waals surface area (Å²) in [5.41, 5.74) is 0. The lowest BCUT2D eigenvalue weighted by Crippen LogP contribution is -2.37. The molecule has 0 saturated carbocycles. The van der Waals surface area contributed by atoms with E-state index in [1.54, 1.807) is 6.08 Å². The van der Waals surface area contributed by atoms with Gasteiger partial charge in [-0.2, -0.15) is 0 Å². The lowest BCUT2D eigenvalue weighted by molar-refractivity contribution is -0.870. The van der Waals surface area contributed by atoms with Crippen molar-refractivity contribution in [2.75, 3.05) is 47.5 Å². The van der Waals surface area contributed by atoms with Crippen LogP contribution in [0.4, 0.5) is 0 Å². The number of ketones is 1. The zero-order chi connectivity index (χ0) is 43.7. The molecular weight excluding hydrogens is 766 g/mol. The lowest BCUT2D eigenvalue weighted by atomic mass is 10.1. The molecule has 0 aliphatic carbocycles. The minimum atomic E-state index is -4.66. The molecule has 0 rings (SSSR count). The van der Waals surface area contributed by atoms with E-state index in [1.165, 1.54) is 77.0 Å². The van der Waals surface area contributed by atoms with Gasteiger partial charge in [-0.25, -0.2) is 0 Å². The van der Waals surface area contributed by atoms with Gasteiger partial charge in [-0.1, -0.05) is 146 Å². The summed E-state index contributed by atoms with van der Waals surface area (Å²) in [6.45, 7) is 4.00. The van der Waals surface area contributed by atoms with E-state index in [-0.39, 0.29) is 31.8 Å². The molecule has 342 valence electrons. The van der Waals surface area contributed by atoms with Crippen LogP contribution in [0.2, 0.25) is 0 Å². The topological polar surface area (TPSA) is 128 Å². The summed E-state index contributed by atoms with van der Waals surface area (Å²) >= 11 is 0. The Bertz CT molecular complexity index is 1210. The third kappa shape index (κ3) is 43.5. The summed E-state index contributed by atoms with van der Waals surface area (Å²) < 4.78 is 33.8. The average Bonchev–Trinajstić information content (AvgIpc) is 3.18. The molecule has 2 atom stereocenters. The van der Waals surface area contributed by atoms with Gasteiger partial charge in [0.25, 0.3) is 7.82 Å². The summed E-state index contributed by atoms with van der Waals surface area (Å²) in [5, 5.41) is 0. The fourth-order valence-corrected chi connectivity index (χ4v) is 6.81. The van der Waals surface area contributed by atoms with Gasteiger partial charge in [0.15, 0.2) is 11.9 Å². The van der Waals surface area contributed by atoms with Crippen molar-refractivity contribution in [1.82, 2.24) is 0 Å². The van der Waals surface area contributed by atoms with Crippen LogP contribution in [0.1, 0.15) is 187 Å². The summed E-state index contributed by atoms with van der Waals surface area (Å²) in [7, 11) is 1.08. The number of quaternary nitrogens is 1. The van der Waals surface area contributed by atoms with E-state index < -0.39 is 32.5 Å². The number of unbranched alkanes of at least 4 members (excludes halogenated alkanes) is 19. The van der Waals surface area contributed by atoms with Gasteiger partial charge in [0.2, 0.25) is 0 Å². The number of rotatable bonds is 42. The predicted octanol–water partition coefficient (Wildman–Crippen LogP) is 12.0. The van der Waals surface area contributed by atoms with Crippen molar-refractivity contribution < 1.29 is 46.8 Å². The quantitative estimate of drug-likeness (QED) is 0.0112. The molecule has 0 saturated heterocycles. The normalized spacial score (nSPS) is 13.9. The van der Waals surface area contributed by atoms with Gasteiger partial charge in [0.05, 0.1) is 27.7 Å². The first-order chi connectivity index (χ1) is 28.4. The molecule has 11 heteroatoms. The first-order valence-corrected chi connectivity index (χ1v) is 24.8. The molecule has 0 heterocycles. The minimum absolute atomic E-state index is 0.0549. The van der Waals surface area contributed by atoms with E-state index in [1.807, 2.05) is 33.3 Å². The highest BCUT2D eigenvalue weighted by molar-refractivity contribution is 7.45. The van der Waals surface area contributed by atoms with Gasteiger partial charge in [0.1, 0.15) is 19.8 Å². The minimum Gasteiger partial charge on any atom is -0.756 e. The van der Waals surface area contributed by atoms with Gasteiger partial charge >= 0.3 is 11.9 Å². The van der Waals surface area contributed by atoms with Crippen molar-refractivity contribution in [3.63, 3.8) is 0 Å². The van der Waals surface area contributed by atoms with Crippen LogP contribution in [-0.2, 0) is 37.5 Å². The second-order valence-electron chi connectivity index (χ2n) is 16.8. The Morgan fingerprint density at radius 2 is 1.07 bits per heavy atom. The Morgan fingerprint density at radius 1 is 0.576 bits per heavy atom. The number of ether oxygens (including phenoxy) is 2. The number of carbonyl (C=O) groups is 3. The first-order valence-electron chi connectivity index (χ1n) is 23.3. The Morgan fingerprint density at radius 3 is 1.63 bits per heavy atom. The molecule has 59 heavy (non-hydrogen) atoms. The second kappa shape index (κ2) is 39.8. The number of hydrogen-bond acceptors (Lipinski definition) is 9. The number of carbonyl (C=O) groups excluding carboxylic acids is 3. The molecule has 0 N–H and O–H groups in total. The highest BCUT2D eigenvalue weighted by Crippen LogP contribution is 2.38. The van der Waals surface area contributed by atoms with Crippen molar-refractivity contribution in [1.29, 1.82) is 0 Å². The van der Waals surface area contributed by atoms with Crippen LogP contribution in [0.5, 0.6) is 0 Å². The number of phosphoric acid groups is 1. The molecule has 0 aliphatic heterocycles. The zero-order valence-corrected chi connectivity index (χ0v) is 39.1. The third-order valence-corrected chi connectivity index (χ3v) is 10.8. The number of hydrogen-bond donors (Lipinski definition) is 0. The highest BCUT2D eigenvalue weighted by Gasteiger charge is 2.21. The van der Waals surface area contributed by atoms with Crippen LogP contribution in [0, 0.1) is 0 Å². The average molecular weight is 852 g/mol. The SMILES string of the molecule is CCCCC/C=C\C=C\C(=O)CCCCCCCC(=O)O[C@H](COC(=O)CCCCCCCCCCC/C=C\C/C=C\CCCCC)COP(=O)([O-])OCC[N+](C)(C)C. The first kappa shape index (κ1) is 56.6. The Kier molecular flexibility index (Phi) is 38.2. The summed E-state index contributed by atoms with van der Waals surface area (Å²) in [5.74, 6) is -0.817. The Hall–Kier alpha value is -2.36. The van der Waals surface area contributed by atoms with E-state index in [0.29, 0.717) is 30.3 Å². The Labute approximate surface area is 360 Å². The molecule has 10 nitrogen and oxygen atoms in total. The number of esters is 2. The fraction of sp³-hybridized carbons (Fsp3) is 0.771. The second-order valence-corrected chi connectivity index (χ2v) is 18.2. The number of likely N-dealkylation sites (N-methyl/N-ethyl adjacent to an activating group) is 1. The summed E-state index contributed by atoms with van der Waals surface area (Å²) in [6.07, 6.45) is 42.4. The zero-order valence-electron chi connectivity index (χ0n) is 38.2. The van der Waals surface area contributed by atoms with E-state index in [4.69, 9.17) is 18.5 Å². The van der Waals surface area contributed by atoms with Gasteiger partial charge in [0, 0.05) is 19.3 Å². The van der Waals surface area contributed by atoms with Crippen molar-refractivity contribution in [2.45, 2.75) is 193 Å². The molecule has 0 fully saturated rings. The van der Waals surface area contributed by atoms with E-state index in [2.05, 4.69) is 44.2 Å². The Balaban J connectivity index is 4.39. The largest absolute Gasteiger partial charge is 0.756 e. The smallest absolute Gasteiger partial charge is 0.306 e. The number of allylic oxidation sites excluding steroid dienone is 8. The fourth-order valence-electron chi connectivity index (χ4n) is 6.08. The van der Waals surface area contributed by atoms with Crippen molar-refractivity contribution in [2.24, 2.45) is 0 Å². The molecule has 0 aromatic rings. The van der Waals surface area contributed by atoms with Crippen LogP contribution in [0.15, 0.2) is 48.6 Å². The summed E-state index contributed by atoms with van der Waals surface area (Å²) in [4.78, 5) is 49.7. The highest BCUT2D eigenvalue weighted by atomic mass is 31.2. The maximum absolute atomic E-state index is 12.7. The molecule has 0 aromatic carbocycles. The van der Waals surface area contributed by atoms with E-state index in [9.17, 15) is 23.8 Å². The monoisotopic (exact) mass is 852 g/mol. The molecule has 1 unspecified atom stereocenters. The van der Waals surface area contributed by atoms with Crippen LogP contribution in [-0.4, -0.2) is 75.8 Å². The van der Waals surface area contributed by atoms with Crippen LogP contribution in [0.25, 0.3) is 0 Å². The molecule has 0 spiro atoms. The van der Waals surface area contributed by atoms with Crippen LogP contribution in [0.3, 0.4) is 0 Å². The third-order valence-electron chi connectivity index (χ3n) is 9.80. The van der Waals surface area contributed by atoms with Gasteiger partial charge in [-0.3, -0.25) is 18.9 Å². The molecule has 0 amide bonds. The van der Waals surface area contributed by atoms with Gasteiger partial charge in [-0.05, 0) is 70.3 Å². The molecule has 0 bridgehead atoms. The predicted molar refractivity (Wildman–Crippen MR) is 241 cm³/mol. The van der Waals surface area contributed by atoms with Gasteiger partial charge in [-0.15, -0.1) is 0 Å². The number of phosphoric ester groups is 1. The lowest BCUT2D eigenvalue weighted by Gasteiger charge is -2.28. The van der Waals surface area contributed by atoms with Crippen molar-refractivity contribution in [3.05, 3.63) is 48.6 Å². The maximum Gasteiger partial charge on any atom is 0.306 e. The maximum atomic E-state index is 12.7. The van der Waals surface area contributed by atoms with Crippen LogP contribution < -0.4 is 4.89 Å². The van der Waals surface area contributed by atoms with Crippen molar-refractivity contribution in [3.8, 4) is 0 Å². The van der Waals surface area contributed by atoms with E-state index >= 15 is 0 Å². The molecular formula is C48H86NO9P.